The van der Waals surface area contributed by atoms with E-state index in [1.807, 2.05) is 0 Å². The van der Waals surface area contributed by atoms with Crippen molar-refractivity contribution in [3.05, 3.63) is 29.3 Å². The Labute approximate surface area is 85.5 Å². The largest absolute Gasteiger partial charge is 0.316 e. The highest BCUT2D eigenvalue weighted by atomic mass is 19.1. The van der Waals surface area contributed by atoms with Gasteiger partial charge in [-0.25, -0.2) is 8.78 Å². The minimum atomic E-state index is -1.01. The highest BCUT2D eigenvalue weighted by Crippen LogP contribution is 2.36. The monoisotopic (exact) mass is 212 g/mol. The van der Waals surface area contributed by atoms with Crippen molar-refractivity contribution in [1.29, 1.82) is 0 Å². The molecule has 3 nitrogen and oxygen atoms in total. The van der Waals surface area contributed by atoms with Gasteiger partial charge in [0.1, 0.15) is 17.7 Å². The van der Waals surface area contributed by atoms with Crippen LogP contribution in [0.1, 0.15) is 18.5 Å². The Bertz CT molecular complexity index is 434. The van der Waals surface area contributed by atoms with Crippen molar-refractivity contribution >= 4 is 11.6 Å². The van der Waals surface area contributed by atoms with E-state index in [1.165, 1.54) is 4.90 Å². The molecule has 1 heterocycles. The molecule has 2 N–H and O–H groups in total. The van der Waals surface area contributed by atoms with Gasteiger partial charge in [-0.2, -0.15) is 0 Å². The van der Waals surface area contributed by atoms with E-state index in [4.69, 9.17) is 5.73 Å². The molecule has 0 bridgehead atoms. The minimum Gasteiger partial charge on any atom is -0.316 e. The molecule has 0 radical (unpaired) electrons. The first-order chi connectivity index (χ1) is 7.06. The van der Waals surface area contributed by atoms with Crippen molar-refractivity contribution in [1.82, 2.24) is 0 Å². The van der Waals surface area contributed by atoms with Gasteiger partial charge < -0.3 is 10.6 Å². The normalized spacial score (nSPS) is 19.6. The standard InChI is InChI=1S/C10H10F2N2O/c1-2-14-7-4-5(11)3-6(12)8(7)9(13)10(14)15/h3-4,9H,2,13H2,1H3. The van der Waals surface area contributed by atoms with E-state index in [0.29, 0.717) is 6.54 Å². The smallest absolute Gasteiger partial charge is 0.248 e. The number of benzene rings is 1. The van der Waals surface area contributed by atoms with Crippen molar-refractivity contribution in [2.24, 2.45) is 5.73 Å². The van der Waals surface area contributed by atoms with Crippen LogP contribution in [0, 0.1) is 11.6 Å². The van der Waals surface area contributed by atoms with Crippen LogP contribution in [-0.4, -0.2) is 12.5 Å². The van der Waals surface area contributed by atoms with Gasteiger partial charge in [-0.1, -0.05) is 0 Å². The van der Waals surface area contributed by atoms with Crippen molar-refractivity contribution in [3.63, 3.8) is 0 Å². The summed E-state index contributed by atoms with van der Waals surface area (Å²) in [7, 11) is 0. The van der Waals surface area contributed by atoms with Crippen LogP contribution < -0.4 is 10.6 Å². The summed E-state index contributed by atoms with van der Waals surface area (Å²) in [6.07, 6.45) is 0. The zero-order valence-corrected chi connectivity index (χ0v) is 8.13. The number of rotatable bonds is 1. The molecular formula is C10H10F2N2O. The van der Waals surface area contributed by atoms with Crippen LogP contribution in [0.3, 0.4) is 0 Å². The summed E-state index contributed by atoms with van der Waals surface area (Å²) >= 11 is 0. The third-order valence-corrected chi connectivity index (χ3v) is 2.52. The molecule has 80 valence electrons. The molecule has 0 saturated carbocycles. The molecule has 0 aliphatic carbocycles. The second kappa shape index (κ2) is 3.27. The Balaban J connectivity index is 2.65. The van der Waals surface area contributed by atoms with E-state index in [9.17, 15) is 13.6 Å². The molecule has 1 unspecified atom stereocenters. The molecule has 1 aromatic rings. The summed E-state index contributed by atoms with van der Waals surface area (Å²) < 4.78 is 26.4. The maximum absolute atomic E-state index is 13.4. The van der Waals surface area contributed by atoms with Crippen LogP contribution in [0.15, 0.2) is 12.1 Å². The Kier molecular flexibility index (Phi) is 2.19. The van der Waals surface area contributed by atoms with Gasteiger partial charge in [-0.15, -0.1) is 0 Å². The predicted molar refractivity (Wildman–Crippen MR) is 51.3 cm³/mol. The molecule has 1 amide bonds. The number of likely N-dealkylation sites (N-methyl/N-ethyl adjacent to an activating group) is 1. The average Bonchev–Trinajstić information content (AvgIpc) is 2.39. The number of nitrogens with zero attached hydrogens (tertiary/aromatic N) is 1. The van der Waals surface area contributed by atoms with Gasteiger partial charge in [-0.05, 0) is 13.0 Å². The number of nitrogens with two attached hydrogens (primary N) is 1. The second-order valence-corrected chi connectivity index (χ2v) is 3.38. The molecule has 2 rings (SSSR count). The fraction of sp³-hybridized carbons (Fsp3) is 0.300. The highest BCUT2D eigenvalue weighted by molar-refractivity contribution is 6.04. The van der Waals surface area contributed by atoms with Crippen molar-refractivity contribution in [2.75, 3.05) is 11.4 Å². The number of halogens is 2. The predicted octanol–water partition coefficient (Wildman–Crippen LogP) is 1.33. The van der Waals surface area contributed by atoms with E-state index in [1.54, 1.807) is 6.92 Å². The Morgan fingerprint density at radius 3 is 2.73 bits per heavy atom. The maximum Gasteiger partial charge on any atom is 0.248 e. The van der Waals surface area contributed by atoms with Gasteiger partial charge in [0.05, 0.1) is 5.69 Å². The van der Waals surface area contributed by atoms with Gasteiger partial charge in [-0.3, -0.25) is 4.79 Å². The number of carbonyl (C=O) groups is 1. The third-order valence-electron chi connectivity index (χ3n) is 2.52. The molecule has 0 spiro atoms. The molecule has 1 aliphatic rings. The SMILES string of the molecule is CCN1C(=O)C(N)c2c(F)cc(F)cc21. The summed E-state index contributed by atoms with van der Waals surface area (Å²) in [5.74, 6) is -1.86. The zero-order valence-electron chi connectivity index (χ0n) is 8.13. The number of amides is 1. The number of carbonyl (C=O) groups excluding carboxylic acids is 1. The van der Waals surface area contributed by atoms with Crippen LogP contribution in [0.5, 0.6) is 0 Å². The van der Waals surface area contributed by atoms with Crippen molar-refractivity contribution in [2.45, 2.75) is 13.0 Å². The fourth-order valence-electron chi connectivity index (χ4n) is 1.84. The first-order valence-electron chi connectivity index (χ1n) is 4.62. The lowest BCUT2D eigenvalue weighted by atomic mass is 10.1. The lowest BCUT2D eigenvalue weighted by Crippen LogP contribution is -2.31. The van der Waals surface area contributed by atoms with Gasteiger partial charge in [0.2, 0.25) is 5.91 Å². The van der Waals surface area contributed by atoms with Gasteiger partial charge in [0.25, 0.3) is 0 Å². The van der Waals surface area contributed by atoms with E-state index >= 15 is 0 Å². The summed E-state index contributed by atoms with van der Waals surface area (Å²) in [6, 6.07) is 0.859. The molecule has 0 fully saturated rings. The third kappa shape index (κ3) is 1.31. The summed E-state index contributed by atoms with van der Waals surface area (Å²) in [5.41, 5.74) is 5.88. The highest BCUT2D eigenvalue weighted by Gasteiger charge is 2.36. The van der Waals surface area contributed by atoms with Gasteiger partial charge >= 0.3 is 0 Å². The number of fused-ring (bicyclic) bond motifs is 1. The lowest BCUT2D eigenvalue weighted by Gasteiger charge is -2.14. The zero-order chi connectivity index (χ0) is 11.2. The molecule has 1 atom stereocenters. The number of hydrogen-bond donors (Lipinski definition) is 1. The van der Waals surface area contributed by atoms with Crippen LogP contribution in [0.2, 0.25) is 0 Å². The molecule has 0 aromatic heterocycles. The first-order valence-corrected chi connectivity index (χ1v) is 4.62. The molecule has 5 heteroatoms. The topological polar surface area (TPSA) is 46.3 Å². The average molecular weight is 212 g/mol. The number of anilines is 1. The molecule has 15 heavy (non-hydrogen) atoms. The quantitative estimate of drug-likeness (QED) is 0.763. The first kappa shape index (κ1) is 10.0. The van der Waals surface area contributed by atoms with E-state index in [0.717, 1.165) is 12.1 Å². The van der Waals surface area contributed by atoms with E-state index in [-0.39, 0.29) is 11.3 Å². The minimum absolute atomic E-state index is 0.0863. The van der Waals surface area contributed by atoms with Crippen LogP contribution >= 0.6 is 0 Å². The summed E-state index contributed by atoms with van der Waals surface area (Å²) in [4.78, 5) is 12.9. The Morgan fingerprint density at radius 2 is 2.13 bits per heavy atom. The van der Waals surface area contributed by atoms with Gasteiger partial charge in [0.15, 0.2) is 0 Å². The van der Waals surface area contributed by atoms with E-state index < -0.39 is 23.6 Å². The fourth-order valence-corrected chi connectivity index (χ4v) is 1.84. The van der Waals surface area contributed by atoms with Crippen LogP contribution in [0.4, 0.5) is 14.5 Å². The number of hydrogen-bond acceptors (Lipinski definition) is 2. The van der Waals surface area contributed by atoms with Crippen molar-refractivity contribution < 1.29 is 13.6 Å². The maximum atomic E-state index is 13.4. The van der Waals surface area contributed by atoms with Crippen molar-refractivity contribution in [3.8, 4) is 0 Å². The molecule has 1 aromatic carbocycles. The Morgan fingerprint density at radius 1 is 1.47 bits per heavy atom. The summed E-state index contributed by atoms with van der Waals surface area (Å²) in [6.45, 7) is 2.07. The lowest BCUT2D eigenvalue weighted by molar-refractivity contribution is -0.119. The summed E-state index contributed by atoms with van der Waals surface area (Å²) in [5, 5.41) is 0. The molecular weight excluding hydrogens is 202 g/mol. The molecule has 0 saturated heterocycles. The van der Waals surface area contributed by atoms with Gasteiger partial charge in [0, 0.05) is 18.2 Å². The van der Waals surface area contributed by atoms with Crippen LogP contribution in [0.25, 0.3) is 0 Å². The van der Waals surface area contributed by atoms with E-state index in [2.05, 4.69) is 0 Å². The van der Waals surface area contributed by atoms with Crippen LogP contribution in [-0.2, 0) is 4.79 Å². The Hall–Kier alpha value is -1.49. The molecule has 1 aliphatic heterocycles. The second-order valence-electron chi connectivity index (χ2n) is 3.38.